The zero-order valence-corrected chi connectivity index (χ0v) is 10.2. The first-order valence-electron chi connectivity index (χ1n) is 6.38. The standard InChI is InChI=1S/C16H16FN/c17-15-7-6-14(10-18)16(9-15)13-5-4-11-2-1-3-12(11)8-13/h4-9H,1-3,10,18H2. The fraction of sp³-hybridized carbons (Fsp3) is 0.250. The summed E-state index contributed by atoms with van der Waals surface area (Å²) in [4.78, 5) is 0. The van der Waals surface area contributed by atoms with Crippen molar-refractivity contribution >= 4 is 0 Å². The Balaban J connectivity index is 2.12. The fourth-order valence-corrected chi connectivity index (χ4v) is 2.73. The Morgan fingerprint density at radius 2 is 1.83 bits per heavy atom. The van der Waals surface area contributed by atoms with E-state index < -0.39 is 0 Å². The van der Waals surface area contributed by atoms with E-state index in [1.807, 2.05) is 0 Å². The molecule has 0 saturated heterocycles. The smallest absolute Gasteiger partial charge is 0.123 e. The molecule has 0 fully saturated rings. The van der Waals surface area contributed by atoms with E-state index in [9.17, 15) is 4.39 Å². The van der Waals surface area contributed by atoms with E-state index in [1.54, 1.807) is 12.1 Å². The molecule has 3 rings (SSSR count). The molecule has 0 spiro atoms. The minimum absolute atomic E-state index is 0.206. The van der Waals surface area contributed by atoms with Crippen LogP contribution in [0.1, 0.15) is 23.1 Å². The van der Waals surface area contributed by atoms with Crippen molar-refractivity contribution in [2.45, 2.75) is 25.8 Å². The molecule has 2 aromatic rings. The van der Waals surface area contributed by atoms with E-state index in [0.717, 1.165) is 23.1 Å². The lowest BCUT2D eigenvalue weighted by molar-refractivity contribution is 0.627. The van der Waals surface area contributed by atoms with Gasteiger partial charge in [0.1, 0.15) is 5.82 Å². The van der Waals surface area contributed by atoms with Crippen LogP contribution >= 0.6 is 0 Å². The summed E-state index contributed by atoms with van der Waals surface area (Å²) in [5.41, 5.74) is 11.6. The second kappa shape index (κ2) is 4.54. The molecule has 0 saturated carbocycles. The molecule has 0 atom stereocenters. The Labute approximate surface area is 106 Å². The van der Waals surface area contributed by atoms with Gasteiger partial charge >= 0.3 is 0 Å². The van der Waals surface area contributed by atoms with Gasteiger partial charge < -0.3 is 5.73 Å². The summed E-state index contributed by atoms with van der Waals surface area (Å²) < 4.78 is 13.4. The highest BCUT2D eigenvalue weighted by atomic mass is 19.1. The van der Waals surface area contributed by atoms with Gasteiger partial charge in [-0.05, 0) is 59.2 Å². The van der Waals surface area contributed by atoms with Crippen LogP contribution in [-0.2, 0) is 19.4 Å². The molecule has 0 aliphatic heterocycles. The zero-order chi connectivity index (χ0) is 12.5. The first kappa shape index (κ1) is 11.4. The summed E-state index contributed by atoms with van der Waals surface area (Å²) in [6, 6.07) is 11.3. The normalized spacial score (nSPS) is 13.7. The van der Waals surface area contributed by atoms with Crippen molar-refractivity contribution < 1.29 is 4.39 Å². The second-order valence-electron chi connectivity index (χ2n) is 4.84. The third-order valence-electron chi connectivity index (χ3n) is 3.70. The zero-order valence-electron chi connectivity index (χ0n) is 10.2. The highest BCUT2D eigenvalue weighted by molar-refractivity contribution is 5.69. The minimum Gasteiger partial charge on any atom is -0.326 e. The molecule has 1 aliphatic carbocycles. The van der Waals surface area contributed by atoms with Crippen LogP contribution in [0.3, 0.4) is 0 Å². The van der Waals surface area contributed by atoms with Crippen molar-refractivity contribution in [2.24, 2.45) is 5.73 Å². The lowest BCUT2D eigenvalue weighted by Crippen LogP contribution is -1.99. The van der Waals surface area contributed by atoms with Crippen LogP contribution in [0.25, 0.3) is 11.1 Å². The summed E-state index contributed by atoms with van der Waals surface area (Å²) in [5, 5.41) is 0. The van der Waals surface area contributed by atoms with E-state index in [2.05, 4.69) is 18.2 Å². The van der Waals surface area contributed by atoms with Crippen LogP contribution in [0.4, 0.5) is 4.39 Å². The van der Waals surface area contributed by atoms with E-state index in [4.69, 9.17) is 5.73 Å². The maximum absolute atomic E-state index is 13.4. The number of benzene rings is 2. The van der Waals surface area contributed by atoms with Crippen LogP contribution in [0.15, 0.2) is 36.4 Å². The number of hydrogen-bond acceptors (Lipinski definition) is 1. The molecule has 2 heteroatoms. The largest absolute Gasteiger partial charge is 0.326 e. The molecule has 1 nitrogen and oxygen atoms in total. The van der Waals surface area contributed by atoms with Crippen LogP contribution in [0.2, 0.25) is 0 Å². The number of fused-ring (bicyclic) bond motifs is 1. The minimum atomic E-state index is -0.206. The quantitative estimate of drug-likeness (QED) is 0.856. The van der Waals surface area contributed by atoms with Gasteiger partial charge in [-0.1, -0.05) is 24.3 Å². The van der Waals surface area contributed by atoms with Crippen LogP contribution in [-0.4, -0.2) is 0 Å². The third-order valence-corrected chi connectivity index (χ3v) is 3.70. The molecule has 1 aliphatic rings. The summed E-state index contributed by atoms with van der Waals surface area (Å²) in [5.74, 6) is -0.206. The van der Waals surface area contributed by atoms with Crippen molar-refractivity contribution in [1.29, 1.82) is 0 Å². The van der Waals surface area contributed by atoms with Crippen LogP contribution < -0.4 is 5.73 Å². The van der Waals surface area contributed by atoms with Gasteiger partial charge in [0.15, 0.2) is 0 Å². The summed E-state index contributed by atoms with van der Waals surface area (Å²) >= 11 is 0. The first-order valence-corrected chi connectivity index (χ1v) is 6.38. The van der Waals surface area contributed by atoms with Gasteiger partial charge in [0.05, 0.1) is 0 Å². The molecule has 0 unspecified atom stereocenters. The second-order valence-corrected chi connectivity index (χ2v) is 4.84. The maximum atomic E-state index is 13.4. The average Bonchev–Trinajstić information content (AvgIpc) is 2.85. The molecule has 0 radical (unpaired) electrons. The molecule has 2 aromatic carbocycles. The van der Waals surface area contributed by atoms with Gasteiger partial charge in [0.25, 0.3) is 0 Å². The number of rotatable bonds is 2. The molecule has 0 heterocycles. The summed E-state index contributed by atoms with van der Waals surface area (Å²) in [6.07, 6.45) is 3.53. The van der Waals surface area contributed by atoms with Gasteiger partial charge in [-0.25, -0.2) is 4.39 Å². The van der Waals surface area contributed by atoms with Crippen molar-refractivity contribution in [2.75, 3.05) is 0 Å². The topological polar surface area (TPSA) is 26.0 Å². The van der Waals surface area contributed by atoms with E-state index in [1.165, 1.54) is 30.0 Å². The third kappa shape index (κ3) is 1.93. The molecule has 0 amide bonds. The monoisotopic (exact) mass is 241 g/mol. The van der Waals surface area contributed by atoms with Crippen molar-refractivity contribution in [1.82, 2.24) is 0 Å². The Hall–Kier alpha value is -1.67. The number of halogens is 1. The van der Waals surface area contributed by atoms with Gasteiger partial charge in [0, 0.05) is 6.54 Å². The average molecular weight is 241 g/mol. The molecule has 2 N–H and O–H groups in total. The maximum Gasteiger partial charge on any atom is 0.123 e. The lowest BCUT2D eigenvalue weighted by Gasteiger charge is -2.10. The van der Waals surface area contributed by atoms with Crippen molar-refractivity contribution in [3.05, 3.63) is 58.9 Å². The summed E-state index contributed by atoms with van der Waals surface area (Å²) in [6.45, 7) is 0.437. The predicted molar refractivity (Wildman–Crippen MR) is 71.8 cm³/mol. The van der Waals surface area contributed by atoms with E-state index in [-0.39, 0.29) is 5.82 Å². The highest BCUT2D eigenvalue weighted by Gasteiger charge is 2.13. The van der Waals surface area contributed by atoms with E-state index >= 15 is 0 Å². The molecule has 0 bridgehead atoms. The Morgan fingerprint density at radius 3 is 2.67 bits per heavy atom. The fourth-order valence-electron chi connectivity index (χ4n) is 2.73. The molecule has 92 valence electrons. The number of hydrogen-bond donors (Lipinski definition) is 1. The van der Waals surface area contributed by atoms with Gasteiger partial charge in [-0.2, -0.15) is 0 Å². The Bertz CT molecular complexity index is 590. The molecule has 0 aromatic heterocycles. The van der Waals surface area contributed by atoms with Crippen molar-refractivity contribution in [3.8, 4) is 11.1 Å². The lowest BCUT2D eigenvalue weighted by atomic mass is 9.96. The van der Waals surface area contributed by atoms with Crippen LogP contribution in [0.5, 0.6) is 0 Å². The SMILES string of the molecule is NCc1ccc(F)cc1-c1ccc2c(c1)CCC2. The molecular weight excluding hydrogens is 225 g/mol. The Kier molecular flexibility index (Phi) is 2.88. The van der Waals surface area contributed by atoms with Crippen LogP contribution in [0, 0.1) is 5.82 Å². The van der Waals surface area contributed by atoms with Gasteiger partial charge in [0.2, 0.25) is 0 Å². The first-order chi connectivity index (χ1) is 8.78. The summed E-state index contributed by atoms with van der Waals surface area (Å²) in [7, 11) is 0. The van der Waals surface area contributed by atoms with Gasteiger partial charge in [-0.15, -0.1) is 0 Å². The number of aryl methyl sites for hydroxylation is 2. The van der Waals surface area contributed by atoms with E-state index in [0.29, 0.717) is 6.54 Å². The molecular formula is C16H16FN. The number of nitrogens with two attached hydrogens (primary N) is 1. The van der Waals surface area contributed by atoms with Gasteiger partial charge in [-0.3, -0.25) is 0 Å². The van der Waals surface area contributed by atoms with Crippen molar-refractivity contribution in [3.63, 3.8) is 0 Å². The highest BCUT2D eigenvalue weighted by Crippen LogP contribution is 2.30. The molecule has 18 heavy (non-hydrogen) atoms. The predicted octanol–water partition coefficient (Wildman–Crippen LogP) is 3.44. The Morgan fingerprint density at radius 1 is 1.00 bits per heavy atom.